The van der Waals surface area contributed by atoms with Gasteiger partial charge in [0.25, 0.3) is 0 Å². The molecule has 0 bridgehead atoms. The van der Waals surface area contributed by atoms with E-state index in [0.29, 0.717) is 6.04 Å². The predicted octanol–water partition coefficient (Wildman–Crippen LogP) is 2.32. The minimum atomic E-state index is -0.385. The summed E-state index contributed by atoms with van der Waals surface area (Å²) >= 11 is 1.77. The van der Waals surface area contributed by atoms with E-state index in [-0.39, 0.29) is 11.7 Å². The number of carbonyl (C=O) groups is 1. The van der Waals surface area contributed by atoms with E-state index in [4.69, 9.17) is 4.74 Å². The van der Waals surface area contributed by atoms with Crippen LogP contribution >= 0.6 is 11.8 Å². The van der Waals surface area contributed by atoms with Gasteiger partial charge in [-0.25, -0.2) is 4.79 Å². The Morgan fingerprint density at radius 1 is 1.54 bits per heavy atom. The number of hydrogen-bond acceptors (Lipinski definition) is 3. The topological polar surface area (TPSA) is 29.5 Å². The Morgan fingerprint density at radius 2 is 2.15 bits per heavy atom. The highest BCUT2D eigenvalue weighted by molar-refractivity contribution is 7.99. The first kappa shape index (κ1) is 10.7. The molecule has 0 spiro atoms. The van der Waals surface area contributed by atoms with E-state index < -0.39 is 0 Å². The highest BCUT2D eigenvalue weighted by Crippen LogP contribution is 2.22. The molecule has 0 aromatic carbocycles. The third kappa shape index (κ3) is 3.10. The Kier molecular flexibility index (Phi) is 3.11. The number of carbonyl (C=O) groups excluding carboxylic acids is 1. The van der Waals surface area contributed by atoms with Gasteiger partial charge >= 0.3 is 6.09 Å². The SMILES string of the molecule is C[C@@H]1CSCN1C(=O)OC(C)(C)C. The molecule has 0 aromatic heterocycles. The van der Waals surface area contributed by atoms with Crippen LogP contribution in [-0.2, 0) is 4.74 Å². The molecule has 1 heterocycles. The molecular formula is C9H17NO2S. The largest absolute Gasteiger partial charge is 0.444 e. The van der Waals surface area contributed by atoms with Crippen molar-refractivity contribution in [3.63, 3.8) is 0 Å². The van der Waals surface area contributed by atoms with Gasteiger partial charge in [-0.05, 0) is 27.7 Å². The molecule has 1 atom stereocenters. The molecule has 1 aliphatic rings. The average Bonchev–Trinajstić information content (AvgIpc) is 2.30. The predicted molar refractivity (Wildman–Crippen MR) is 54.9 cm³/mol. The molecular weight excluding hydrogens is 186 g/mol. The summed E-state index contributed by atoms with van der Waals surface area (Å²) in [6.45, 7) is 7.71. The van der Waals surface area contributed by atoms with Gasteiger partial charge in [0.2, 0.25) is 0 Å². The van der Waals surface area contributed by atoms with Crippen LogP contribution in [0.5, 0.6) is 0 Å². The zero-order chi connectivity index (χ0) is 10.1. The quantitative estimate of drug-likeness (QED) is 0.605. The summed E-state index contributed by atoms with van der Waals surface area (Å²) in [5.74, 6) is 1.77. The molecule has 1 saturated heterocycles. The van der Waals surface area contributed by atoms with Crippen LogP contribution in [-0.4, -0.2) is 34.3 Å². The molecule has 4 heteroatoms. The molecule has 1 amide bonds. The van der Waals surface area contributed by atoms with Crippen LogP contribution < -0.4 is 0 Å². The lowest BCUT2D eigenvalue weighted by atomic mass is 10.2. The van der Waals surface area contributed by atoms with Gasteiger partial charge < -0.3 is 4.74 Å². The van der Waals surface area contributed by atoms with Gasteiger partial charge in [0.05, 0.1) is 5.88 Å². The lowest BCUT2D eigenvalue weighted by molar-refractivity contribution is 0.0252. The van der Waals surface area contributed by atoms with Gasteiger partial charge in [0, 0.05) is 11.8 Å². The van der Waals surface area contributed by atoms with Crippen LogP contribution in [0.3, 0.4) is 0 Å². The summed E-state index contributed by atoms with van der Waals surface area (Å²) in [4.78, 5) is 13.3. The molecule has 0 N–H and O–H groups in total. The first-order valence-corrected chi connectivity index (χ1v) is 5.63. The molecule has 0 saturated carbocycles. The summed E-state index contributed by atoms with van der Waals surface area (Å²) in [6, 6.07) is 0.305. The lowest BCUT2D eigenvalue weighted by Gasteiger charge is -2.26. The van der Waals surface area contributed by atoms with Gasteiger partial charge in [-0.15, -0.1) is 11.8 Å². The van der Waals surface area contributed by atoms with E-state index in [2.05, 4.69) is 0 Å². The van der Waals surface area contributed by atoms with Crippen LogP contribution in [0.25, 0.3) is 0 Å². The van der Waals surface area contributed by atoms with Crippen molar-refractivity contribution in [3.05, 3.63) is 0 Å². The van der Waals surface area contributed by atoms with E-state index in [1.165, 1.54) is 0 Å². The molecule has 0 radical (unpaired) electrons. The summed E-state index contributed by atoms with van der Waals surface area (Å²) in [6.07, 6.45) is -0.190. The number of rotatable bonds is 0. The lowest BCUT2D eigenvalue weighted by Crippen LogP contribution is -2.39. The van der Waals surface area contributed by atoms with Crippen molar-refractivity contribution >= 4 is 17.9 Å². The van der Waals surface area contributed by atoms with E-state index in [0.717, 1.165) is 11.6 Å². The molecule has 0 aliphatic carbocycles. The number of nitrogens with zero attached hydrogens (tertiary/aromatic N) is 1. The van der Waals surface area contributed by atoms with Crippen LogP contribution in [0.1, 0.15) is 27.7 Å². The molecule has 3 nitrogen and oxygen atoms in total. The minimum absolute atomic E-state index is 0.190. The number of ether oxygens (including phenoxy) is 1. The number of hydrogen-bond donors (Lipinski definition) is 0. The van der Waals surface area contributed by atoms with Crippen molar-refractivity contribution in [3.8, 4) is 0 Å². The maximum Gasteiger partial charge on any atom is 0.411 e. The van der Waals surface area contributed by atoms with Crippen LogP contribution in [0.15, 0.2) is 0 Å². The Labute approximate surface area is 83.8 Å². The molecule has 0 unspecified atom stereocenters. The first-order chi connectivity index (χ1) is 5.90. The third-order valence-electron chi connectivity index (χ3n) is 1.75. The normalized spacial score (nSPS) is 23.4. The van der Waals surface area contributed by atoms with Crippen LogP contribution in [0.2, 0.25) is 0 Å². The standard InChI is InChI=1S/C9H17NO2S/c1-7-5-13-6-10(7)8(11)12-9(2,3)4/h7H,5-6H2,1-4H3/t7-/m1/s1. The van der Waals surface area contributed by atoms with Crippen molar-refractivity contribution in [2.24, 2.45) is 0 Å². The second kappa shape index (κ2) is 3.78. The number of thioether (sulfide) groups is 1. The molecule has 1 fully saturated rings. The Bertz CT molecular complexity index is 200. The van der Waals surface area contributed by atoms with Gasteiger partial charge in [-0.3, -0.25) is 4.90 Å². The van der Waals surface area contributed by atoms with Crippen molar-refractivity contribution in [2.75, 3.05) is 11.6 Å². The minimum Gasteiger partial charge on any atom is -0.444 e. The zero-order valence-corrected chi connectivity index (χ0v) is 9.48. The van der Waals surface area contributed by atoms with E-state index in [1.807, 2.05) is 27.7 Å². The maximum atomic E-state index is 11.6. The Balaban J connectivity index is 2.48. The monoisotopic (exact) mass is 203 g/mol. The number of amides is 1. The summed E-state index contributed by atoms with van der Waals surface area (Å²) in [5.41, 5.74) is -0.385. The molecule has 0 aromatic rings. The van der Waals surface area contributed by atoms with Crippen molar-refractivity contribution in [1.29, 1.82) is 0 Å². The van der Waals surface area contributed by atoms with E-state index >= 15 is 0 Å². The average molecular weight is 203 g/mol. The van der Waals surface area contributed by atoms with Gasteiger partial charge in [0.1, 0.15) is 5.60 Å². The van der Waals surface area contributed by atoms with E-state index in [1.54, 1.807) is 16.7 Å². The molecule has 13 heavy (non-hydrogen) atoms. The van der Waals surface area contributed by atoms with Crippen molar-refractivity contribution < 1.29 is 9.53 Å². The third-order valence-corrected chi connectivity index (χ3v) is 2.93. The van der Waals surface area contributed by atoms with Gasteiger partial charge in [-0.2, -0.15) is 0 Å². The second-order valence-corrected chi connectivity index (χ2v) is 5.30. The fourth-order valence-electron chi connectivity index (χ4n) is 1.09. The smallest absolute Gasteiger partial charge is 0.411 e. The summed E-state index contributed by atoms with van der Waals surface area (Å²) in [5, 5.41) is 0. The highest BCUT2D eigenvalue weighted by atomic mass is 32.2. The van der Waals surface area contributed by atoms with Crippen molar-refractivity contribution in [2.45, 2.75) is 39.3 Å². The second-order valence-electron chi connectivity index (χ2n) is 4.30. The van der Waals surface area contributed by atoms with Crippen LogP contribution in [0, 0.1) is 0 Å². The van der Waals surface area contributed by atoms with Crippen molar-refractivity contribution in [1.82, 2.24) is 4.90 Å². The van der Waals surface area contributed by atoms with E-state index in [9.17, 15) is 4.79 Å². The Hall–Kier alpha value is -0.380. The van der Waals surface area contributed by atoms with Crippen LogP contribution in [0.4, 0.5) is 4.79 Å². The van der Waals surface area contributed by atoms with Gasteiger partial charge in [-0.1, -0.05) is 0 Å². The van der Waals surface area contributed by atoms with Gasteiger partial charge in [0.15, 0.2) is 0 Å². The highest BCUT2D eigenvalue weighted by Gasteiger charge is 2.29. The molecule has 76 valence electrons. The first-order valence-electron chi connectivity index (χ1n) is 4.47. The molecule has 1 aliphatic heterocycles. The summed E-state index contributed by atoms with van der Waals surface area (Å²) < 4.78 is 5.27. The fourth-order valence-corrected chi connectivity index (χ4v) is 2.28. The molecule has 1 rings (SSSR count). The Morgan fingerprint density at radius 3 is 2.54 bits per heavy atom. The maximum absolute atomic E-state index is 11.6. The summed E-state index contributed by atoms with van der Waals surface area (Å²) in [7, 11) is 0. The zero-order valence-electron chi connectivity index (χ0n) is 8.66. The fraction of sp³-hybridized carbons (Fsp3) is 0.889.